The van der Waals surface area contributed by atoms with Crippen LogP contribution >= 0.6 is 0 Å². The number of nitrogens with one attached hydrogen (secondary N) is 1. The molecule has 0 atom stereocenters. The molecule has 0 aliphatic carbocycles. The fraction of sp³-hybridized carbons (Fsp3) is 0.400. The van der Waals surface area contributed by atoms with E-state index in [4.69, 9.17) is 10.5 Å². The molecule has 1 fully saturated rings. The van der Waals surface area contributed by atoms with Gasteiger partial charge in [-0.1, -0.05) is 30.3 Å². The lowest BCUT2D eigenvalue weighted by Crippen LogP contribution is -2.36. The van der Waals surface area contributed by atoms with Crippen LogP contribution in [0.1, 0.15) is 11.4 Å². The summed E-state index contributed by atoms with van der Waals surface area (Å²) in [6, 6.07) is 10.1. The highest BCUT2D eigenvalue weighted by Crippen LogP contribution is 2.09. The Morgan fingerprint density at radius 3 is 2.64 bits per heavy atom. The van der Waals surface area contributed by atoms with E-state index in [2.05, 4.69) is 25.2 Å². The van der Waals surface area contributed by atoms with Crippen LogP contribution in [0.25, 0.3) is 0 Å². The van der Waals surface area contributed by atoms with E-state index in [0.717, 1.165) is 31.9 Å². The molecule has 1 aromatic heterocycles. The molecule has 116 valence electrons. The first-order valence-corrected chi connectivity index (χ1v) is 7.38. The SMILES string of the molecule is Nc1nc(CN2CCOCC2)nc(NCc2ccccc2)n1. The first-order valence-electron chi connectivity index (χ1n) is 7.38. The van der Waals surface area contributed by atoms with E-state index in [9.17, 15) is 0 Å². The number of benzene rings is 1. The van der Waals surface area contributed by atoms with Gasteiger partial charge < -0.3 is 15.8 Å². The molecule has 22 heavy (non-hydrogen) atoms. The molecule has 0 radical (unpaired) electrons. The molecule has 0 saturated carbocycles. The van der Waals surface area contributed by atoms with Crippen molar-refractivity contribution in [2.24, 2.45) is 0 Å². The predicted octanol–water partition coefficient (Wildman–Crippen LogP) is 0.898. The lowest BCUT2D eigenvalue weighted by molar-refractivity contribution is 0.0331. The van der Waals surface area contributed by atoms with E-state index in [1.165, 1.54) is 0 Å². The van der Waals surface area contributed by atoms with Crippen molar-refractivity contribution in [2.75, 3.05) is 37.4 Å². The fourth-order valence-electron chi connectivity index (χ4n) is 2.32. The lowest BCUT2D eigenvalue weighted by Gasteiger charge is -2.25. The van der Waals surface area contributed by atoms with E-state index in [1.54, 1.807) is 0 Å². The van der Waals surface area contributed by atoms with Gasteiger partial charge >= 0.3 is 0 Å². The molecule has 1 aromatic carbocycles. The van der Waals surface area contributed by atoms with Gasteiger partial charge in [-0.15, -0.1) is 0 Å². The normalized spacial score (nSPS) is 15.6. The smallest absolute Gasteiger partial charge is 0.228 e. The number of nitrogens with zero attached hydrogens (tertiary/aromatic N) is 4. The summed E-state index contributed by atoms with van der Waals surface area (Å²) in [6.45, 7) is 4.59. The van der Waals surface area contributed by atoms with Gasteiger partial charge in [0, 0.05) is 19.6 Å². The highest BCUT2D eigenvalue weighted by Gasteiger charge is 2.13. The summed E-state index contributed by atoms with van der Waals surface area (Å²) in [5.74, 6) is 1.44. The quantitative estimate of drug-likeness (QED) is 0.848. The third-order valence-electron chi connectivity index (χ3n) is 3.46. The standard InChI is InChI=1S/C15H20N6O/c16-14-18-13(11-21-6-8-22-9-7-21)19-15(20-14)17-10-12-4-2-1-3-5-12/h1-5H,6-11H2,(H3,16,17,18,19,20). The molecule has 3 rings (SSSR count). The Balaban J connectivity index is 1.64. The molecule has 0 unspecified atom stereocenters. The second-order valence-electron chi connectivity index (χ2n) is 5.16. The molecule has 1 saturated heterocycles. The van der Waals surface area contributed by atoms with E-state index >= 15 is 0 Å². The molecule has 2 aromatic rings. The number of hydrogen-bond acceptors (Lipinski definition) is 7. The van der Waals surface area contributed by atoms with Crippen molar-refractivity contribution in [2.45, 2.75) is 13.1 Å². The minimum Gasteiger partial charge on any atom is -0.379 e. The molecule has 2 heterocycles. The van der Waals surface area contributed by atoms with Crippen molar-refractivity contribution in [3.8, 4) is 0 Å². The molecule has 7 heteroatoms. The minimum atomic E-state index is 0.244. The van der Waals surface area contributed by atoms with Crippen molar-refractivity contribution >= 4 is 11.9 Å². The fourth-order valence-corrected chi connectivity index (χ4v) is 2.32. The first-order chi connectivity index (χ1) is 10.8. The van der Waals surface area contributed by atoms with Crippen LogP contribution in [0.4, 0.5) is 11.9 Å². The van der Waals surface area contributed by atoms with Crippen molar-refractivity contribution in [3.05, 3.63) is 41.7 Å². The van der Waals surface area contributed by atoms with Crippen molar-refractivity contribution in [1.82, 2.24) is 19.9 Å². The lowest BCUT2D eigenvalue weighted by atomic mass is 10.2. The first kappa shape index (κ1) is 14.7. The Morgan fingerprint density at radius 2 is 1.86 bits per heavy atom. The van der Waals surface area contributed by atoms with Crippen LogP contribution in [0.15, 0.2) is 30.3 Å². The van der Waals surface area contributed by atoms with Gasteiger partial charge in [0.25, 0.3) is 0 Å². The number of rotatable bonds is 5. The molecule has 0 bridgehead atoms. The van der Waals surface area contributed by atoms with Crippen molar-refractivity contribution in [1.29, 1.82) is 0 Å². The van der Waals surface area contributed by atoms with Gasteiger partial charge in [0.05, 0.1) is 19.8 Å². The van der Waals surface area contributed by atoms with Crippen LogP contribution in [-0.2, 0) is 17.8 Å². The summed E-state index contributed by atoms with van der Waals surface area (Å²) in [6.07, 6.45) is 0. The van der Waals surface area contributed by atoms with E-state index in [1.807, 2.05) is 30.3 Å². The second kappa shape index (κ2) is 7.15. The van der Waals surface area contributed by atoms with Gasteiger partial charge in [0.1, 0.15) is 5.82 Å². The molecule has 3 N–H and O–H groups in total. The molecular weight excluding hydrogens is 280 g/mol. The summed E-state index contributed by atoms with van der Waals surface area (Å²) in [5, 5.41) is 3.19. The Labute approximate surface area is 129 Å². The van der Waals surface area contributed by atoms with Gasteiger partial charge in [-0.05, 0) is 5.56 Å². The Morgan fingerprint density at radius 1 is 1.09 bits per heavy atom. The Hall–Kier alpha value is -2.25. The zero-order valence-electron chi connectivity index (χ0n) is 12.4. The van der Waals surface area contributed by atoms with E-state index in [0.29, 0.717) is 24.9 Å². The largest absolute Gasteiger partial charge is 0.379 e. The van der Waals surface area contributed by atoms with Crippen LogP contribution in [0, 0.1) is 0 Å². The van der Waals surface area contributed by atoms with Gasteiger partial charge in [-0.2, -0.15) is 15.0 Å². The second-order valence-corrected chi connectivity index (χ2v) is 5.16. The van der Waals surface area contributed by atoms with Crippen molar-refractivity contribution < 1.29 is 4.74 Å². The molecule has 1 aliphatic heterocycles. The third kappa shape index (κ3) is 4.12. The average Bonchev–Trinajstić information content (AvgIpc) is 2.54. The molecule has 0 amide bonds. The number of nitrogens with two attached hydrogens (primary N) is 1. The van der Waals surface area contributed by atoms with Crippen LogP contribution < -0.4 is 11.1 Å². The maximum Gasteiger partial charge on any atom is 0.228 e. The Bertz CT molecular complexity index is 600. The average molecular weight is 300 g/mol. The number of ether oxygens (including phenoxy) is 1. The molecular formula is C15H20N6O. The number of aromatic nitrogens is 3. The molecule has 1 aliphatic rings. The molecule has 7 nitrogen and oxygen atoms in total. The molecule has 0 spiro atoms. The van der Waals surface area contributed by atoms with Crippen molar-refractivity contribution in [3.63, 3.8) is 0 Å². The summed E-state index contributed by atoms with van der Waals surface area (Å²) in [7, 11) is 0. The number of anilines is 2. The number of nitrogen functional groups attached to an aromatic ring is 1. The summed E-state index contributed by atoms with van der Waals surface area (Å²) in [5.41, 5.74) is 6.95. The maximum atomic E-state index is 5.79. The van der Waals surface area contributed by atoms with Crippen LogP contribution in [0.5, 0.6) is 0 Å². The van der Waals surface area contributed by atoms with Gasteiger partial charge in [-0.25, -0.2) is 0 Å². The Kier molecular flexibility index (Phi) is 4.77. The number of morpholine rings is 1. The highest BCUT2D eigenvalue weighted by atomic mass is 16.5. The third-order valence-corrected chi connectivity index (χ3v) is 3.46. The minimum absolute atomic E-state index is 0.244. The van der Waals surface area contributed by atoms with Gasteiger partial charge in [0.15, 0.2) is 0 Å². The van der Waals surface area contributed by atoms with Crippen LogP contribution in [-0.4, -0.2) is 46.2 Å². The summed E-state index contributed by atoms with van der Waals surface area (Å²) in [4.78, 5) is 15.1. The monoisotopic (exact) mass is 300 g/mol. The zero-order valence-corrected chi connectivity index (χ0v) is 12.4. The van der Waals surface area contributed by atoms with Gasteiger partial charge in [-0.3, -0.25) is 4.90 Å². The van der Waals surface area contributed by atoms with Gasteiger partial charge in [0.2, 0.25) is 11.9 Å². The predicted molar refractivity (Wildman–Crippen MR) is 84.1 cm³/mol. The van der Waals surface area contributed by atoms with E-state index < -0.39 is 0 Å². The highest BCUT2D eigenvalue weighted by molar-refractivity contribution is 5.32. The zero-order chi connectivity index (χ0) is 15.2. The van der Waals surface area contributed by atoms with Crippen LogP contribution in [0.3, 0.4) is 0 Å². The number of hydrogen-bond donors (Lipinski definition) is 2. The van der Waals surface area contributed by atoms with Crippen LogP contribution in [0.2, 0.25) is 0 Å². The summed E-state index contributed by atoms with van der Waals surface area (Å²) >= 11 is 0. The summed E-state index contributed by atoms with van der Waals surface area (Å²) < 4.78 is 5.34. The topological polar surface area (TPSA) is 89.2 Å². The maximum absolute atomic E-state index is 5.79. The van der Waals surface area contributed by atoms with E-state index in [-0.39, 0.29) is 5.95 Å².